The minimum Gasteiger partial charge on any atom is -0.465 e. The van der Waals surface area contributed by atoms with Crippen molar-refractivity contribution in [2.24, 2.45) is 0 Å². The Labute approximate surface area is 127 Å². The van der Waals surface area contributed by atoms with Crippen molar-refractivity contribution in [1.29, 1.82) is 0 Å². The summed E-state index contributed by atoms with van der Waals surface area (Å²) in [7, 11) is 1.39. The van der Waals surface area contributed by atoms with Crippen LogP contribution in [0.25, 0.3) is 22.3 Å². The molecule has 3 aromatic rings. The molecule has 1 aliphatic heterocycles. The molecule has 1 aromatic carbocycles. The monoisotopic (exact) mass is 293 g/mol. The molecule has 0 unspecified atom stereocenters. The Morgan fingerprint density at radius 2 is 2.18 bits per heavy atom. The van der Waals surface area contributed by atoms with Gasteiger partial charge in [-0.05, 0) is 48.7 Å². The van der Waals surface area contributed by atoms with Crippen molar-refractivity contribution in [2.75, 3.05) is 7.11 Å². The standard InChI is InChI=1S/C17H15N3O2/c1-10-12-6-8-20-15(5-7-18-20)16(12)19-14-4-3-11(9-13(10)14)17(21)22-2/h3-5,7,9H,6,8H2,1-2H3. The van der Waals surface area contributed by atoms with Crippen LogP contribution in [-0.2, 0) is 17.7 Å². The molecule has 22 heavy (non-hydrogen) atoms. The second kappa shape index (κ2) is 4.66. The molecule has 2 aromatic heterocycles. The molecule has 0 fully saturated rings. The normalized spacial score (nSPS) is 12.8. The third kappa shape index (κ3) is 1.75. The van der Waals surface area contributed by atoms with Crippen LogP contribution in [0.3, 0.4) is 0 Å². The summed E-state index contributed by atoms with van der Waals surface area (Å²) in [6.45, 7) is 2.95. The van der Waals surface area contributed by atoms with Crippen LogP contribution in [-0.4, -0.2) is 27.8 Å². The van der Waals surface area contributed by atoms with Crippen LogP contribution >= 0.6 is 0 Å². The number of pyridine rings is 1. The molecular formula is C17H15N3O2. The highest BCUT2D eigenvalue weighted by atomic mass is 16.5. The molecule has 0 radical (unpaired) electrons. The molecule has 1 aliphatic rings. The van der Waals surface area contributed by atoms with Crippen molar-refractivity contribution in [3.05, 3.63) is 47.2 Å². The molecule has 0 amide bonds. The van der Waals surface area contributed by atoms with Gasteiger partial charge in [0.15, 0.2) is 0 Å². The van der Waals surface area contributed by atoms with Crippen LogP contribution in [0.4, 0.5) is 0 Å². The number of hydrogen-bond acceptors (Lipinski definition) is 4. The molecule has 3 heterocycles. The SMILES string of the molecule is COC(=O)c1ccc2nc3c(c(C)c2c1)CCn1nccc1-3. The predicted molar refractivity (Wildman–Crippen MR) is 82.7 cm³/mol. The molecule has 0 bridgehead atoms. The quantitative estimate of drug-likeness (QED) is 0.647. The van der Waals surface area contributed by atoms with Crippen LogP contribution in [0, 0.1) is 6.92 Å². The van der Waals surface area contributed by atoms with E-state index in [1.807, 2.05) is 29.1 Å². The smallest absolute Gasteiger partial charge is 0.337 e. The number of rotatable bonds is 1. The van der Waals surface area contributed by atoms with Crippen LogP contribution in [0.5, 0.6) is 0 Å². The van der Waals surface area contributed by atoms with E-state index in [1.165, 1.54) is 18.2 Å². The topological polar surface area (TPSA) is 57.0 Å². The molecule has 5 heteroatoms. The van der Waals surface area contributed by atoms with Gasteiger partial charge in [0.25, 0.3) is 0 Å². The van der Waals surface area contributed by atoms with Gasteiger partial charge in [0.1, 0.15) is 0 Å². The third-order valence-corrected chi connectivity index (χ3v) is 4.33. The maximum atomic E-state index is 11.7. The lowest BCUT2D eigenvalue weighted by molar-refractivity contribution is 0.0601. The summed E-state index contributed by atoms with van der Waals surface area (Å²) in [5.41, 5.74) is 5.92. The fraction of sp³-hybridized carbons (Fsp3) is 0.235. The molecule has 110 valence electrons. The molecule has 0 saturated heterocycles. The number of aromatic nitrogens is 3. The van der Waals surface area contributed by atoms with Gasteiger partial charge < -0.3 is 4.74 Å². The first-order chi connectivity index (χ1) is 10.7. The highest BCUT2D eigenvalue weighted by molar-refractivity contribution is 5.96. The van der Waals surface area contributed by atoms with Crippen molar-refractivity contribution < 1.29 is 9.53 Å². The van der Waals surface area contributed by atoms with E-state index < -0.39 is 0 Å². The summed E-state index contributed by atoms with van der Waals surface area (Å²) in [5.74, 6) is -0.322. The van der Waals surface area contributed by atoms with Gasteiger partial charge in [0, 0.05) is 18.1 Å². The summed E-state index contributed by atoms with van der Waals surface area (Å²) < 4.78 is 6.79. The first kappa shape index (κ1) is 13.0. The number of benzene rings is 1. The number of aryl methyl sites for hydroxylation is 2. The second-order valence-electron chi connectivity index (χ2n) is 5.48. The highest BCUT2D eigenvalue weighted by Gasteiger charge is 2.21. The number of hydrogen-bond donors (Lipinski definition) is 0. The first-order valence-corrected chi connectivity index (χ1v) is 7.23. The van der Waals surface area contributed by atoms with Crippen molar-refractivity contribution in [2.45, 2.75) is 19.9 Å². The van der Waals surface area contributed by atoms with Crippen molar-refractivity contribution in [3.63, 3.8) is 0 Å². The number of carbonyl (C=O) groups excluding carboxylic acids is 1. The van der Waals surface area contributed by atoms with E-state index in [1.54, 1.807) is 6.07 Å². The third-order valence-electron chi connectivity index (χ3n) is 4.33. The van der Waals surface area contributed by atoms with Gasteiger partial charge in [0.05, 0.1) is 29.6 Å². The number of nitrogens with zero attached hydrogens (tertiary/aromatic N) is 3. The molecule has 0 N–H and O–H groups in total. The number of methoxy groups -OCH3 is 1. The zero-order valence-corrected chi connectivity index (χ0v) is 12.5. The van der Waals surface area contributed by atoms with Gasteiger partial charge in [-0.15, -0.1) is 0 Å². The average molecular weight is 293 g/mol. The predicted octanol–water partition coefficient (Wildman–Crippen LogP) is 2.75. The first-order valence-electron chi connectivity index (χ1n) is 7.23. The number of ether oxygens (including phenoxy) is 1. The van der Waals surface area contributed by atoms with Gasteiger partial charge in [-0.25, -0.2) is 9.78 Å². The van der Waals surface area contributed by atoms with Gasteiger partial charge in [-0.1, -0.05) is 0 Å². The Hall–Kier alpha value is -2.69. The number of esters is 1. The second-order valence-corrected chi connectivity index (χ2v) is 5.48. The minimum atomic E-state index is -0.322. The Morgan fingerprint density at radius 3 is 3.00 bits per heavy atom. The zero-order valence-electron chi connectivity index (χ0n) is 12.5. The van der Waals surface area contributed by atoms with E-state index in [-0.39, 0.29) is 5.97 Å². The Bertz CT molecular complexity index is 912. The summed E-state index contributed by atoms with van der Waals surface area (Å²) in [6, 6.07) is 7.51. The van der Waals surface area contributed by atoms with Crippen molar-refractivity contribution in [1.82, 2.24) is 14.8 Å². The van der Waals surface area contributed by atoms with E-state index in [2.05, 4.69) is 12.0 Å². The number of fused-ring (bicyclic) bond motifs is 4. The molecule has 0 atom stereocenters. The Morgan fingerprint density at radius 1 is 1.32 bits per heavy atom. The van der Waals surface area contributed by atoms with Crippen LogP contribution in [0.2, 0.25) is 0 Å². The lowest BCUT2D eigenvalue weighted by Gasteiger charge is -2.20. The fourth-order valence-corrected chi connectivity index (χ4v) is 3.15. The summed E-state index contributed by atoms with van der Waals surface area (Å²) in [6.07, 6.45) is 2.72. The molecule has 0 aliphatic carbocycles. The summed E-state index contributed by atoms with van der Waals surface area (Å²) in [4.78, 5) is 16.5. The molecule has 0 spiro atoms. The lowest BCUT2D eigenvalue weighted by atomic mass is 9.95. The summed E-state index contributed by atoms with van der Waals surface area (Å²) in [5, 5.41) is 5.34. The fourth-order valence-electron chi connectivity index (χ4n) is 3.15. The van der Waals surface area contributed by atoms with Crippen LogP contribution in [0.1, 0.15) is 21.5 Å². The number of carbonyl (C=O) groups is 1. The maximum absolute atomic E-state index is 11.7. The van der Waals surface area contributed by atoms with Gasteiger partial charge in [0.2, 0.25) is 0 Å². The molecule has 0 saturated carbocycles. The van der Waals surface area contributed by atoms with Crippen LogP contribution < -0.4 is 0 Å². The van der Waals surface area contributed by atoms with Crippen molar-refractivity contribution in [3.8, 4) is 11.4 Å². The zero-order chi connectivity index (χ0) is 15.3. The van der Waals surface area contributed by atoms with E-state index in [4.69, 9.17) is 9.72 Å². The van der Waals surface area contributed by atoms with Gasteiger partial charge in [-0.3, -0.25) is 4.68 Å². The van der Waals surface area contributed by atoms with E-state index in [9.17, 15) is 4.79 Å². The Kier molecular flexibility index (Phi) is 2.76. The minimum absolute atomic E-state index is 0.322. The maximum Gasteiger partial charge on any atom is 0.337 e. The molecule has 5 nitrogen and oxygen atoms in total. The van der Waals surface area contributed by atoms with E-state index in [0.717, 1.165) is 35.3 Å². The largest absolute Gasteiger partial charge is 0.465 e. The van der Waals surface area contributed by atoms with E-state index >= 15 is 0 Å². The van der Waals surface area contributed by atoms with E-state index in [0.29, 0.717) is 5.56 Å². The van der Waals surface area contributed by atoms with Gasteiger partial charge in [-0.2, -0.15) is 5.10 Å². The highest BCUT2D eigenvalue weighted by Crippen LogP contribution is 2.33. The summed E-state index contributed by atoms with van der Waals surface area (Å²) >= 11 is 0. The average Bonchev–Trinajstić information content (AvgIpc) is 3.03. The Balaban J connectivity index is 1.99. The molecule has 4 rings (SSSR count). The van der Waals surface area contributed by atoms with Crippen molar-refractivity contribution >= 4 is 16.9 Å². The lowest BCUT2D eigenvalue weighted by Crippen LogP contribution is -2.14. The van der Waals surface area contributed by atoms with Gasteiger partial charge >= 0.3 is 5.97 Å². The molecular weight excluding hydrogens is 278 g/mol. The van der Waals surface area contributed by atoms with Crippen LogP contribution in [0.15, 0.2) is 30.5 Å².